The highest BCUT2D eigenvalue weighted by Crippen LogP contribution is 2.21. The summed E-state index contributed by atoms with van der Waals surface area (Å²) in [5, 5.41) is 11.8. The molecule has 0 radical (unpaired) electrons. The molecule has 0 bridgehead atoms. The van der Waals surface area contributed by atoms with Crippen LogP contribution in [-0.2, 0) is 20.7 Å². The summed E-state index contributed by atoms with van der Waals surface area (Å²) in [6.07, 6.45) is 0.276. The fourth-order valence-electron chi connectivity index (χ4n) is 2.82. The van der Waals surface area contributed by atoms with Gasteiger partial charge in [-0.3, -0.25) is 4.79 Å². The van der Waals surface area contributed by atoms with Gasteiger partial charge >= 0.3 is 5.97 Å². The third-order valence-corrected chi connectivity index (χ3v) is 4.41. The van der Waals surface area contributed by atoms with Crippen molar-refractivity contribution in [3.63, 3.8) is 0 Å². The lowest BCUT2D eigenvalue weighted by Crippen LogP contribution is -2.39. The molecule has 1 aliphatic heterocycles. The van der Waals surface area contributed by atoms with Crippen LogP contribution in [0.1, 0.15) is 32.3 Å². The van der Waals surface area contributed by atoms with Crippen LogP contribution in [0.15, 0.2) is 30.3 Å². The summed E-state index contributed by atoms with van der Waals surface area (Å²) < 4.78 is 5.28. The highest BCUT2D eigenvalue weighted by atomic mass is 16.5. The number of carboxylic acid groups (broad SMARTS) is 1. The summed E-state index contributed by atoms with van der Waals surface area (Å²) in [5.41, 5.74) is 1.25. The highest BCUT2D eigenvalue weighted by Gasteiger charge is 2.34. The SMILES string of the molecule is CC(C)C(CNC(=O)[C@@H]1CC[C@H](C(=O)O)O1)Cc1ccccc1. The Kier molecular flexibility index (Phi) is 6.16. The lowest BCUT2D eigenvalue weighted by Gasteiger charge is -2.22. The fraction of sp³-hybridized carbons (Fsp3) is 0.556. The molecule has 1 saturated heterocycles. The minimum atomic E-state index is -0.996. The van der Waals surface area contributed by atoms with Gasteiger partial charge in [0.05, 0.1) is 0 Å². The molecule has 1 amide bonds. The highest BCUT2D eigenvalue weighted by molar-refractivity contribution is 5.82. The van der Waals surface area contributed by atoms with Gasteiger partial charge in [0.1, 0.15) is 6.10 Å². The molecule has 1 aromatic rings. The van der Waals surface area contributed by atoms with E-state index in [-0.39, 0.29) is 5.91 Å². The molecule has 5 nitrogen and oxygen atoms in total. The van der Waals surface area contributed by atoms with Crippen molar-refractivity contribution in [1.29, 1.82) is 0 Å². The van der Waals surface area contributed by atoms with Gasteiger partial charge in [-0.05, 0) is 36.7 Å². The summed E-state index contributed by atoms with van der Waals surface area (Å²) in [4.78, 5) is 23.0. The third kappa shape index (κ3) is 5.06. The van der Waals surface area contributed by atoms with Gasteiger partial charge in [-0.25, -0.2) is 4.79 Å². The number of amides is 1. The molecule has 1 unspecified atom stereocenters. The summed E-state index contributed by atoms with van der Waals surface area (Å²) in [6.45, 7) is 4.86. The first-order valence-corrected chi connectivity index (χ1v) is 8.17. The van der Waals surface area contributed by atoms with Crippen LogP contribution in [0.25, 0.3) is 0 Å². The molecule has 0 aromatic heterocycles. The largest absolute Gasteiger partial charge is 0.479 e. The second-order valence-electron chi connectivity index (χ2n) is 6.47. The van der Waals surface area contributed by atoms with E-state index in [0.29, 0.717) is 31.2 Å². The van der Waals surface area contributed by atoms with E-state index in [4.69, 9.17) is 9.84 Å². The maximum Gasteiger partial charge on any atom is 0.332 e. The Labute approximate surface area is 137 Å². The van der Waals surface area contributed by atoms with E-state index in [1.807, 2.05) is 18.2 Å². The second kappa shape index (κ2) is 8.11. The number of rotatable bonds is 7. The standard InChI is InChI=1S/C18H25NO4/c1-12(2)14(10-13-6-4-3-5-7-13)11-19-17(20)15-8-9-16(23-15)18(21)22/h3-7,12,14-16H,8-11H2,1-2H3,(H,19,20)(H,21,22)/t14?,15-,16+/m0/s1. The molecule has 23 heavy (non-hydrogen) atoms. The van der Waals surface area contributed by atoms with Crippen molar-refractivity contribution < 1.29 is 19.4 Å². The molecule has 1 heterocycles. The monoisotopic (exact) mass is 319 g/mol. The van der Waals surface area contributed by atoms with E-state index in [1.165, 1.54) is 5.56 Å². The summed E-state index contributed by atoms with van der Waals surface area (Å²) in [6, 6.07) is 10.2. The zero-order valence-corrected chi connectivity index (χ0v) is 13.7. The van der Waals surface area contributed by atoms with Gasteiger partial charge in [-0.1, -0.05) is 44.2 Å². The van der Waals surface area contributed by atoms with Crippen molar-refractivity contribution in [2.24, 2.45) is 11.8 Å². The number of ether oxygens (including phenoxy) is 1. The zero-order valence-electron chi connectivity index (χ0n) is 13.7. The lowest BCUT2D eigenvalue weighted by molar-refractivity contribution is -0.151. The van der Waals surface area contributed by atoms with Crippen LogP contribution in [0.3, 0.4) is 0 Å². The molecule has 5 heteroatoms. The van der Waals surface area contributed by atoms with Crippen molar-refractivity contribution in [2.45, 2.75) is 45.3 Å². The Balaban J connectivity index is 1.84. The Morgan fingerprint density at radius 3 is 2.43 bits per heavy atom. The van der Waals surface area contributed by atoms with Crippen molar-refractivity contribution in [1.82, 2.24) is 5.32 Å². The van der Waals surface area contributed by atoms with E-state index >= 15 is 0 Å². The molecule has 0 spiro atoms. The summed E-state index contributed by atoms with van der Waals surface area (Å²) in [7, 11) is 0. The molecule has 2 N–H and O–H groups in total. The summed E-state index contributed by atoms with van der Waals surface area (Å²) >= 11 is 0. The van der Waals surface area contributed by atoms with Crippen LogP contribution in [0.2, 0.25) is 0 Å². The molecule has 126 valence electrons. The first-order valence-electron chi connectivity index (χ1n) is 8.17. The molecular formula is C18H25NO4. The molecular weight excluding hydrogens is 294 g/mol. The number of hydrogen-bond donors (Lipinski definition) is 2. The number of benzene rings is 1. The van der Waals surface area contributed by atoms with E-state index in [2.05, 4.69) is 31.3 Å². The van der Waals surface area contributed by atoms with Gasteiger partial charge in [-0.15, -0.1) is 0 Å². The molecule has 0 saturated carbocycles. The molecule has 3 atom stereocenters. The molecule has 1 aromatic carbocycles. The maximum absolute atomic E-state index is 12.2. The number of carbonyl (C=O) groups is 2. The number of aliphatic carboxylic acids is 1. The van der Waals surface area contributed by atoms with Gasteiger partial charge in [0.15, 0.2) is 6.10 Å². The first-order chi connectivity index (χ1) is 11.0. The van der Waals surface area contributed by atoms with Gasteiger partial charge < -0.3 is 15.2 Å². The Hall–Kier alpha value is -1.88. The van der Waals surface area contributed by atoms with Gasteiger partial charge in [0.25, 0.3) is 0 Å². The Morgan fingerprint density at radius 1 is 1.22 bits per heavy atom. The lowest BCUT2D eigenvalue weighted by atomic mass is 9.89. The zero-order chi connectivity index (χ0) is 16.8. The number of hydrogen-bond acceptors (Lipinski definition) is 3. The minimum Gasteiger partial charge on any atom is -0.479 e. The molecule has 0 aliphatic carbocycles. The topological polar surface area (TPSA) is 75.6 Å². The van der Waals surface area contributed by atoms with Gasteiger partial charge in [0.2, 0.25) is 5.91 Å². The first kappa shape index (κ1) is 17.5. The molecule has 1 fully saturated rings. The van der Waals surface area contributed by atoms with Crippen LogP contribution < -0.4 is 5.32 Å². The van der Waals surface area contributed by atoms with Crippen molar-refractivity contribution in [3.8, 4) is 0 Å². The van der Waals surface area contributed by atoms with E-state index in [0.717, 1.165) is 6.42 Å². The number of carboxylic acids is 1. The van der Waals surface area contributed by atoms with Crippen molar-refractivity contribution in [2.75, 3.05) is 6.54 Å². The number of carbonyl (C=O) groups excluding carboxylic acids is 1. The average molecular weight is 319 g/mol. The third-order valence-electron chi connectivity index (χ3n) is 4.41. The smallest absolute Gasteiger partial charge is 0.332 e. The van der Waals surface area contributed by atoms with Crippen LogP contribution in [-0.4, -0.2) is 35.7 Å². The predicted molar refractivity (Wildman–Crippen MR) is 87.0 cm³/mol. The second-order valence-corrected chi connectivity index (χ2v) is 6.47. The Bertz CT molecular complexity index is 529. The van der Waals surface area contributed by atoms with Crippen molar-refractivity contribution >= 4 is 11.9 Å². The molecule has 1 aliphatic rings. The van der Waals surface area contributed by atoms with Crippen molar-refractivity contribution in [3.05, 3.63) is 35.9 Å². The average Bonchev–Trinajstić information content (AvgIpc) is 3.02. The number of nitrogens with one attached hydrogen (secondary N) is 1. The minimum absolute atomic E-state index is 0.201. The van der Waals surface area contributed by atoms with E-state index in [9.17, 15) is 9.59 Å². The van der Waals surface area contributed by atoms with Gasteiger partial charge in [0, 0.05) is 6.54 Å². The predicted octanol–water partition coefficient (Wildman–Crippen LogP) is 2.25. The van der Waals surface area contributed by atoms with Crippen LogP contribution in [0.4, 0.5) is 0 Å². The maximum atomic E-state index is 12.2. The van der Waals surface area contributed by atoms with E-state index < -0.39 is 18.2 Å². The van der Waals surface area contributed by atoms with Crippen LogP contribution >= 0.6 is 0 Å². The summed E-state index contributed by atoms with van der Waals surface area (Å²) in [5.74, 6) is -0.429. The normalized spacial score (nSPS) is 22.0. The fourth-order valence-corrected chi connectivity index (χ4v) is 2.82. The quantitative estimate of drug-likeness (QED) is 0.808. The Morgan fingerprint density at radius 2 is 1.87 bits per heavy atom. The van der Waals surface area contributed by atoms with Crippen LogP contribution in [0.5, 0.6) is 0 Å². The molecule has 2 rings (SSSR count). The van der Waals surface area contributed by atoms with Gasteiger partial charge in [-0.2, -0.15) is 0 Å². The van der Waals surface area contributed by atoms with Crippen LogP contribution in [0, 0.1) is 11.8 Å². The van der Waals surface area contributed by atoms with E-state index in [1.54, 1.807) is 0 Å².